The number of aryl methyl sites for hydroxylation is 1. The third-order valence-electron chi connectivity index (χ3n) is 4.63. The second kappa shape index (κ2) is 8.29. The molecule has 0 bridgehead atoms. The van der Waals surface area contributed by atoms with Gasteiger partial charge in [-0.25, -0.2) is 0 Å². The van der Waals surface area contributed by atoms with E-state index in [2.05, 4.69) is 50.3 Å². The standard InChI is InChI=1S/C20H30/c1-3-5-6-8-18-11-15-20(16-12-18)19-13-9-17(7-4-2)10-14-19/h6,8-10,13-14,18,20H,3-5,7,11-12,15-16H2,1-2H3/b8-6+. The summed E-state index contributed by atoms with van der Waals surface area (Å²) in [7, 11) is 0. The van der Waals surface area contributed by atoms with Crippen LogP contribution in [-0.4, -0.2) is 0 Å². The summed E-state index contributed by atoms with van der Waals surface area (Å²) in [4.78, 5) is 0. The quantitative estimate of drug-likeness (QED) is 0.534. The first-order valence-electron chi connectivity index (χ1n) is 8.59. The van der Waals surface area contributed by atoms with E-state index < -0.39 is 0 Å². The molecule has 1 fully saturated rings. The van der Waals surface area contributed by atoms with E-state index in [1.165, 1.54) is 56.9 Å². The summed E-state index contributed by atoms with van der Waals surface area (Å²) in [5, 5.41) is 0. The van der Waals surface area contributed by atoms with Gasteiger partial charge in [0.25, 0.3) is 0 Å². The Morgan fingerprint density at radius 1 is 0.950 bits per heavy atom. The Morgan fingerprint density at radius 3 is 2.25 bits per heavy atom. The summed E-state index contributed by atoms with van der Waals surface area (Å²) in [6, 6.07) is 9.43. The predicted octanol–water partition coefficient (Wildman–Crippen LogP) is 6.27. The molecule has 0 heterocycles. The molecule has 0 nitrogen and oxygen atoms in total. The number of hydrogen-bond donors (Lipinski definition) is 0. The van der Waals surface area contributed by atoms with Gasteiger partial charge in [0.05, 0.1) is 0 Å². The Labute approximate surface area is 125 Å². The van der Waals surface area contributed by atoms with Crippen LogP contribution in [0.15, 0.2) is 36.4 Å². The minimum Gasteiger partial charge on any atom is -0.0883 e. The van der Waals surface area contributed by atoms with Crippen LogP contribution in [0.3, 0.4) is 0 Å². The molecule has 0 amide bonds. The van der Waals surface area contributed by atoms with Crippen molar-refractivity contribution in [1.82, 2.24) is 0 Å². The first kappa shape index (κ1) is 15.4. The van der Waals surface area contributed by atoms with E-state index in [0.29, 0.717) is 0 Å². The van der Waals surface area contributed by atoms with Crippen molar-refractivity contribution >= 4 is 0 Å². The Balaban J connectivity index is 1.83. The Hall–Kier alpha value is -1.04. The number of unbranched alkanes of at least 4 members (excludes halogenated alkanes) is 1. The topological polar surface area (TPSA) is 0 Å². The normalized spacial score (nSPS) is 23.3. The van der Waals surface area contributed by atoms with Crippen LogP contribution >= 0.6 is 0 Å². The lowest BCUT2D eigenvalue weighted by Crippen LogP contribution is -2.11. The summed E-state index contributed by atoms with van der Waals surface area (Å²) < 4.78 is 0. The van der Waals surface area contributed by atoms with Crippen LogP contribution in [0, 0.1) is 5.92 Å². The fraction of sp³-hybridized carbons (Fsp3) is 0.600. The zero-order valence-electron chi connectivity index (χ0n) is 13.3. The molecule has 1 aromatic rings. The minimum atomic E-state index is 0.807. The Kier molecular flexibility index (Phi) is 6.36. The van der Waals surface area contributed by atoms with Crippen LogP contribution < -0.4 is 0 Å². The second-order valence-electron chi connectivity index (χ2n) is 6.32. The van der Waals surface area contributed by atoms with E-state index in [4.69, 9.17) is 0 Å². The smallest absolute Gasteiger partial charge is 0.0162 e. The van der Waals surface area contributed by atoms with Crippen LogP contribution in [0.1, 0.15) is 75.8 Å². The highest BCUT2D eigenvalue weighted by Crippen LogP contribution is 2.36. The van der Waals surface area contributed by atoms with E-state index in [1.54, 1.807) is 5.56 Å². The van der Waals surface area contributed by atoms with Crippen LogP contribution in [-0.2, 0) is 6.42 Å². The molecule has 0 radical (unpaired) electrons. The summed E-state index contributed by atoms with van der Waals surface area (Å²) >= 11 is 0. The van der Waals surface area contributed by atoms with Crippen molar-refractivity contribution < 1.29 is 0 Å². The van der Waals surface area contributed by atoms with Gasteiger partial charge >= 0.3 is 0 Å². The fourth-order valence-electron chi connectivity index (χ4n) is 3.35. The molecule has 1 aliphatic carbocycles. The van der Waals surface area contributed by atoms with Gasteiger partial charge in [0, 0.05) is 0 Å². The van der Waals surface area contributed by atoms with Crippen molar-refractivity contribution in [2.75, 3.05) is 0 Å². The van der Waals surface area contributed by atoms with Crippen LogP contribution in [0.2, 0.25) is 0 Å². The molecular weight excluding hydrogens is 240 g/mol. The summed E-state index contributed by atoms with van der Waals surface area (Å²) in [6.45, 7) is 4.50. The van der Waals surface area contributed by atoms with Crippen LogP contribution in [0.5, 0.6) is 0 Å². The maximum Gasteiger partial charge on any atom is -0.0162 e. The highest BCUT2D eigenvalue weighted by molar-refractivity contribution is 5.26. The van der Waals surface area contributed by atoms with Crippen molar-refractivity contribution in [2.45, 2.75) is 71.1 Å². The van der Waals surface area contributed by atoms with Gasteiger partial charge in [0.2, 0.25) is 0 Å². The molecule has 0 heteroatoms. The average molecular weight is 270 g/mol. The van der Waals surface area contributed by atoms with E-state index >= 15 is 0 Å². The highest BCUT2D eigenvalue weighted by Gasteiger charge is 2.20. The number of hydrogen-bond acceptors (Lipinski definition) is 0. The SMILES string of the molecule is CCC/C=C/C1CCC(c2ccc(CCC)cc2)CC1. The van der Waals surface area contributed by atoms with Crippen LogP contribution in [0.25, 0.3) is 0 Å². The van der Waals surface area contributed by atoms with Crippen LogP contribution in [0.4, 0.5) is 0 Å². The first-order chi connectivity index (χ1) is 9.83. The van der Waals surface area contributed by atoms with Gasteiger partial charge in [-0.15, -0.1) is 0 Å². The fourth-order valence-corrected chi connectivity index (χ4v) is 3.35. The van der Waals surface area contributed by atoms with E-state index in [-0.39, 0.29) is 0 Å². The van der Waals surface area contributed by atoms with Crippen molar-refractivity contribution in [1.29, 1.82) is 0 Å². The molecule has 0 aromatic heterocycles. The van der Waals surface area contributed by atoms with Gasteiger partial charge in [-0.05, 0) is 61.5 Å². The average Bonchev–Trinajstić information content (AvgIpc) is 2.49. The molecule has 0 unspecified atom stereocenters. The van der Waals surface area contributed by atoms with Crippen molar-refractivity contribution in [3.63, 3.8) is 0 Å². The Morgan fingerprint density at radius 2 is 1.65 bits per heavy atom. The highest BCUT2D eigenvalue weighted by atomic mass is 14.3. The minimum absolute atomic E-state index is 0.807. The molecule has 110 valence electrons. The predicted molar refractivity (Wildman–Crippen MR) is 89.2 cm³/mol. The zero-order chi connectivity index (χ0) is 14.2. The molecule has 0 spiro atoms. The molecular formula is C20H30. The third-order valence-corrected chi connectivity index (χ3v) is 4.63. The summed E-state index contributed by atoms with van der Waals surface area (Å²) in [5.74, 6) is 1.65. The molecule has 20 heavy (non-hydrogen) atoms. The van der Waals surface area contributed by atoms with Gasteiger partial charge in [-0.2, -0.15) is 0 Å². The molecule has 0 N–H and O–H groups in total. The van der Waals surface area contributed by atoms with E-state index in [0.717, 1.165) is 11.8 Å². The van der Waals surface area contributed by atoms with Crippen molar-refractivity contribution in [2.24, 2.45) is 5.92 Å². The van der Waals surface area contributed by atoms with Crippen molar-refractivity contribution in [3.05, 3.63) is 47.5 Å². The molecule has 1 aliphatic rings. The Bertz CT molecular complexity index is 391. The molecule has 2 rings (SSSR count). The second-order valence-corrected chi connectivity index (χ2v) is 6.32. The molecule has 1 aromatic carbocycles. The molecule has 0 aliphatic heterocycles. The third kappa shape index (κ3) is 4.51. The van der Waals surface area contributed by atoms with Gasteiger partial charge in [-0.1, -0.05) is 63.1 Å². The summed E-state index contributed by atoms with van der Waals surface area (Å²) in [5.41, 5.74) is 3.06. The number of rotatable bonds is 6. The molecule has 0 atom stereocenters. The van der Waals surface area contributed by atoms with Crippen molar-refractivity contribution in [3.8, 4) is 0 Å². The molecule has 0 saturated heterocycles. The number of allylic oxidation sites excluding steroid dienone is 2. The van der Waals surface area contributed by atoms with E-state index in [9.17, 15) is 0 Å². The van der Waals surface area contributed by atoms with E-state index in [1.807, 2.05) is 0 Å². The maximum atomic E-state index is 2.48. The monoisotopic (exact) mass is 270 g/mol. The summed E-state index contributed by atoms with van der Waals surface area (Å²) in [6.07, 6.45) is 15.3. The zero-order valence-corrected chi connectivity index (χ0v) is 13.3. The number of benzene rings is 1. The lowest BCUT2D eigenvalue weighted by Gasteiger charge is -2.27. The first-order valence-corrected chi connectivity index (χ1v) is 8.59. The van der Waals surface area contributed by atoms with Gasteiger partial charge < -0.3 is 0 Å². The lowest BCUT2D eigenvalue weighted by atomic mass is 9.78. The lowest BCUT2D eigenvalue weighted by molar-refractivity contribution is 0.375. The van der Waals surface area contributed by atoms with Gasteiger partial charge in [0.15, 0.2) is 0 Å². The van der Waals surface area contributed by atoms with Gasteiger partial charge in [-0.3, -0.25) is 0 Å². The van der Waals surface area contributed by atoms with Gasteiger partial charge in [0.1, 0.15) is 0 Å². The molecule has 1 saturated carbocycles. The largest absolute Gasteiger partial charge is 0.0883 e. The maximum absolute atomic E-state index is 2.48.